The summed E-state index contributed by atoms with van der Waals surface area (Å²) >= 11 is 0. The Morgan fingerprint density at radius 3 is 2.49 bits per heavy atom. The van der Waals surface area contributed by atoms with E-state index in [1.807, 2.05) is 42.7 Å². The summed E-state index contributed by atoms with van der Waals surface area (Å²) in [6, 6.07) is 16.3. The molecule has 0 atom stereocenters. The van der Waals surface area contributed by atoms with Crippen molar-refractivity contribution in [2.75, 3.05) is 39.2 Å². The van der Waals surface area contributed by atoms with Gasteiger partial charge in [0, 0.05) is 62.3 Å². The average molecular weight is 499 g/mol. The number of aliphatic hydroxyl groups is 1. The van der Waals surface area contributed by atoms with Gasteiger partial charge in [-0.25, -0.2) is 9.97 Å². The number of piperidine rings is 1. The minimum absolute atomic E-state index is 0.0426. The standard InChI is InChI=1S/C29H34N6O2/c1-33(2)29(37)22-6-4-20(5-7-22)21-11-14-35(15-12-21)18-24-16-26-25(10-13-30-28(26)34(24)3)23-8-9-27(31-17-23)32-19-36/h4-10,13,16-17,21,36H,11-12,14-15,18-19H2,1-3H3,(H,31,32). The minimum Gasteiger partial charge on any atom is -0.377 e. The van der Waals surface area contributed by atoms with Gasteiger partial charge in [0.15, 0.2) is 0 Å². The number of hydrogen-bond donors (Lipinski definition) is 2. The number of aromatic nitrogens is 3. The maximum absolute atomic E-state index is 12.2. The second-order valence-electron chi connectivity index (χ2n) is 9.93. The zero-order valence-electron chi connectivity index (χ0n) is 21.7. The molecule has 0 aliphatic carbocycles. The highest BCUT2D eigenvalue weighted by atomic mass is 16.3. The van der Waals surface area contributed by atoms with Gasteiger partial charge in [0.05, 0.1) is 0 Å². The van der Waals surface area contributed by atoms with E-state index >= 15 is 0 Å². The Morgan fingerprint density at radius 2 is 1.84 bits per heavy atom. The molecule has 2 N–H and O–H groups in total. The molecule has 8 heteroatoms. The lowest BCUT2D eigenvalue weighted by atomic mass is 9.89. The Hall–Kier alpha value is -3.75. The molecule has 192 valence electrons. The minimum atomic E-state index is -0.144. The molecule has 4 aromatic rings. The predicted octanol–water partition coefficient (Wildman–Crippen LogP) is 4.08. The summed E-state index contributed by atoms with van der Waals surface area (Å²) in [5.41, 5.74) is 6.39. The summed E-state index contributed by atoms with van der Waals surface area (Å²) in [7, 11) is 5.65. The van der Waals surface area contributed by atoms with E-state index in [1.165, 1.54) is 11.3 Å². The number of likely N-dealkylation sites (tertiary alicyclic amines) is 1. The van der Waals surface area contributed by atoms with Crippen LogP contribution in [0.15, 0.2) is 60.9 Å². The third-order valence-electron chi connectivity index (χ3n) is 7.37. The van der Waals surface area contributed by atoms with Crippen LogP contribution in [0.4, 0.5) is 5.82 Å². The number of aliphatic hydroxyl groups excluding tert-OH is 1. The molecule has 1 saturated heterocycles. The molecule has 8 nitrogen and oxygen atoms in total. The second-order valence-corrected chi connectivity index (χ2v) is 9.93. The first-order valence-corrected chi connectivity index (χ1v) is 12.7. The molecule has 37 heavy (non-hydrogen) atoms. The monoisotopic (exact) mass is 498 g/mol. The zero-order chi connectivity index (χ0) is 25.9. The van der Waals surface area contributed by atoms with E-state index in [1.54, 1.807) is 19.0 Å². The quantitative estimate of drug-likeness (QED) is 0.374. The number of hydrogen-bond acceptors (Lipinski definition) is 6. The van der Waals surface area contributed by atoms with Crippen molar-refractivity contribution in [1.82, 2.24) is 24.3 Å². The number of benzene rings is 1. The molecule has 0 saturated carbocycles. The number of anilines is 1. The SMILES string of the molecule is CN(C)C(=O)c1ccc(C2CCN(Cc3cc4c(-c5ccc(NCO)nc5)ccnc4n3C)CC2)cc1. The van der Waals surface area contributed by atoms with Crippen LogP contribution in [-0.2, 0) is 13.6 Å². The van der Waals surface area contributed by atoms with E-state index in [4.69, 9.17) is 5.11 Å². The van der Waals surface area contributed by atoms with Crippen molar-refractivity contribution in [1.29, 1.82) is 0 Å². The number of aryl methyl sites for hydroxylation is 1. The molecule has 1 aromatic carbocycles. The molecule has 4 heterocycles. The van der Waals surface area contributed by atoms with Crippen molar-refractivity contribution in [3.63, 3.8) is 0 Å². The number of carbonyl (C=O) groups is 1. The maximum Gasteiger partial charge on any atom is 0.253 e. The fourth-order valence-corrected chi connectivity index (χ4v) is 5.22. The lowest BCUT2D eigenvalue weighted by Gasteiger charge is -2.32. The average Bonchev–Trinajstić information content (AvgIpc) is 3.24. The second kappa shape index (κ2) is 10.7. The number of fused-ring (bicyclic) bond motifs is 1. The van der Waals surface area contributed by atoms with Crippen molar-refractivity contribution in [2.24, 2.45) is 7.05 Å². The Morgan fingerprint density at radius 1 is 1.08 bits per heavy atom. The van der Waals surface area contributed by atoms with Crippen molar-refractivity contribution in [2.45, 2.75) is 25.3 Å². The molecular weight excluding hydrogens is 464 g/mol. The van der Waals surface area contributed by atoms with Gasteiger partial charge in [-0.05, 0) is 79.4 Å². The number of carbonyl (C=O) groups excluding carboxylic acids is 1. The smallest absolute Gasteiger partial charge is 0.253 e. The summed E-state index contributed by atoms with van der Waals surface area (Å²) in [6.45, 7) is 2.81. The highest BCUT2D eigenvalue weighted by molar-refractivity contribution is 5.94. The van der Waals surface area contributed by atoms with Gasteiger partial charge in [0.25, 0.3) is 5.91 Å². The maximum atomic E-state index is 12.2. The van der Waals surface area contributed by atoms with Gasteiger partial charge in [0.2, 0.25) is 0 Å². The fourth-order valence-electron chi connectivity index (χ4n) is 5.22. The van der Waals surface area contributed by atoms with Crippen LogP contribution in [0.5, 0.6) is 0 Å². The van der Waals surface area contributed by atoms with Gasteiger partial charge < -0.3 is 19.9 Å². The van der Waals surface area contributed by atoms with Crippen LogP contribution in [0.1, 0.15) is 40.4 Å². The van der Waals surface area contributed by atoms with Gasteiger partial charge in [0.1, 0.15) is 18.2 Å². The highest BCUT2D eigenvalue weighted by Crippen LogP contribution is 2.32. The van der Waals surface area contributed by atoms with Crippen LogP contribution in [0, 0.1) is 0 Å². The van der Waals surface area contributed by atoms with Crippen molar-refractivity contribution >= 4 is 22.8 Å². The van der Waals surface area contributed by atoms with Crippen molar-refractivity contribution in [3.05, 3.63) is 77.7 Å². The van der Waals surface area contributed by atoms with E-state index in [-0.39, 0.29) is 12.6 Å². The van der Waals surface area contributed by atoms with Gasteiger partial charge in [-0.2, -0.15) is 0 Å². The van der Waals surface area contributed by atoms with E-state index in [9.17, 15) is 4.79 Å². The fraction of sp³-hybridized carbons (Fsp3) is 0.345. The molecule has 3 aromatic heterocycles. The molecule has 5 rings (SSSR count). The Kier molecular flexibility index (Phi) is 7.21. The van der Waals surface area contributed by atoms with E-state index < -0.39 is 0 Å². The molecule has 0 radical (unpaired) electrons. The van der Waals surface area contributed by atoms with Gasteiger partial charge >= 0.3 is 0 Å². The van der Waals surface area contributed by atoms with Crippen LogP contribution in [-0.4, -0.2) is 69.3 Å². The van der Waals surface area contributed by atoms with Gasteiger partial charge in [-0.1, -0.05) is 12.1 Å². The summed E-state index contributed by atoms with van der Waals surface area (Å²) in [4.78, 5) is 25.4. The predicted molar refractivity (Wildman–Crippen MR) is 146 cm³/mol. The van der Waals surface area contributed by atoms with E-state index in [0.29, 0.717) is 11.7 Å². The molecule has 1 aliphatic heterocycles. The van der Waals surface area contributed by atoms with Crippen molar-refractivity contribution < 1.29 is 9.90 Å². The van der Waals surface area contributed by atoms with Crippen LogP contribution in [0.3, 0.4) is 0 Å². The number of nitrogens with one attached hydrogen (secondary N) is 1. The summed E-state index contributed by atoms with van der Waals surface area (Å²) in [6.07, 6.45) is 5.89. The largest absolute Gasteiger partial charge is 0.377 e. The Bertz CT molecular complexity index is 1370. The topological polar surface area (TPSA) is 86.5 Å². The molecule has 0 unspecified atom stereocenters. The summed E-state index contributed by atoms with van der Waals surface area (Å²) in [5, 5.41) is 13.0. The molecule has 0 spiro atoms. The third kappa shape index (κ3) is 5.21. The molecule has 1 fully saturated rings. The van der Waals surface area contributed by atoms with Crippen LogP contribution < -0.4 is 5.32 Å². The van der Waals surface area contributed by atoms with E-state index in [0.717, 1.165) is 60.2 Å². The van der Waals surface area contributed by atoms with Crippen LogP contribution in [0.2, 0.25) is 0 Å². The van der Waals surface area contributed by atoms with Crippen LogP contribution in [0.25, 0.3) is 22.2 Å². The lowest BCUT2D eigenvalue weighted by Crippen LogP contribution is -2.33. The lowest BCUT2D eigenvalue weighted by molar-refractivity contribution is 0.0827. The number of amides is 1. The van der Waals surface area contributed by atoms with E-state index in [2.05, 4.69) is 50.0 Å². The summed E-state index contributed by atoms with van der Waals surface area (Å²) < 4.78 is 2.19. The number of pyridine rings is 2. The molecule has 0 bridgehead atoms. The first kappa shape index (κ1) is 24.9. The molecule has 1 amide bonds. The summed E-state index contributed by atoms with van der Waals surface area (Å²) in [5.74, 6) is 1.21. The first-order valence-electron chi connectivity index (χ1n) is 12.7. The number of nitrogens with zero attached hydrogens (tertiary/aromatic N) is 5. The first-order chi connectivity index (χ1) is 17.9. The highest BCUT2D eigenvalue weighted by Gasteiger charge is 2.22. The molecule has 1 aliphatic rings. The molecular formula is C29H34N6O2. The third-order valence-corrected chi connectivity index (χ3v) is 7.37. The van der Waals surface area contributed by atoms with Crippen LogP contribution >= 0.6 is 0 Å². The van der Waals surface area contributed by atoms with Gasteiger partial charge in [-0.15, -0.1) is 0 Å². The van der Waals surface area contributed by atoms with Gasteiger partial charge in [-0.3, -0.25) is 9.69 Å². The van der Waals surface area contributed by atoms with Crippen molar-refractivity contribution in [3.8, 4) is 11.1 Å². The number of rotatable bonds is 7. The Labute approximate surface area is 217 Å². The Balaban J connectivity index is 1.27. The normalized spacial score (nSPS) is 14.7. The zero-order valence-corrected chi connectivity index (χ0v) is 21.7.